The maximum atomic E-state index is 6.30. The van der Waals surface area contributed by atoms with E-state index in [1.807, 2.05) is 261 Å². The molecule has 12 heterocycles. The molecular weight excluding hydrogens is 1780 g/mol. The first-order valence-electron chi connectivity index (χ1n) is 47.4. The minimum Gasteiger partial charge on any atom is -0.456 e. The second-order valence-electron chi connectivity index (χ2n) is 35.5. The first kappa shape index (κ1) is 82.3. The predicted molar refractivity (Wildman–Crippen MR) is 574 cm³/mol. The number of benzene rings is 18. The van der Waals surface area contributed by atoms with E-state index in [9.17, 15) is 0 Å². The van der Waals surface area contributed by atoms with E-state index >= 15 is 0 Å². The molecule has 0 unspecified atom stereocenters. The van der Waals surface area contributed by atoms with Crippen LogP contribution < -0.4 is 0 Å². The van der Waals surface area contributed by atoms with Crippen molar-refractivity contribution >= 4 is 164 Å². The molecule has 0 aliphatic heterocycles. The number of nitrogens with zero attached hydrogens (tertiary/aromatic N) is 12. The number of hydrogen-bond donors (Lipinski definition) is 0. The summed E-state index contributed by atoms with van der Waals surface area (Å²) >= 11 is 0. The van der Waals surface area contributed by atoms with E-state index in [2.05, 4.69) is 175 Å². The average Bonchev–Trinajstić information content (AvgIpc) is 1.58. The van der Waals surface area contributed by atoms with Crippen LogP contribution in [0.3, 0.4) is 0 Å². The van der Waals surface area contributed by atoms with Crippen molar-refractivity contribution in [3.63, 3.8) is 0 Å². The number of fused-ring (bicyclic) bond motifs is 21. The highest BCUT2D eigenvalue weighted by Gasteiger charge is 2.26. The lowest BCUT2D eigenvalue weighted by Crippen LogP contribution is -2.00. The molecule has 672 valence electrons. The summed E-state index contributed by atoms with van der Waals surface area (Å²) in [6.07, 6.45) is 3.61. The van der Waals surface area contributed by atoms with Gasteiger partial charge in [-0.05, 0) is 124 Å². The molecule has 0 spiro atoms. The summed E-state index contributed by atoms with van der Waals surface area (Å²) in [5.41, 5.74) is 26.7. The molecular formula is C126H72N12O6. The molecule has 12 aromatic heterocycles. The van der Waals surface area contributed by atoms with E-state index in [0.29, 0.717) is 52.4 Å². The van der Waals surface area contributed by atoms with E-state index in [1.54, 1.807) is 6.20 Å². The Kier molecular flexibility index (Phi) is 19.4. The van der Waals surface area contributed by atoms with Crippen molar-refractivity contribution in [2.45, 2.75) is 0 Å². The largest absolute Gasteiger partial charge is 0.456 e. The first-order valence-corrected chi connectivity index (χ1v) is 47.4. The number of pyridine rings is 3. The topological polar surface area (TPSA) is 234 Å². The van der Waals surface area contributed by atoms with Gasteiger partial charge >= 0.3 is 0 Å². The Labute approximate surface area is 818 Å². The van der Waals surface area contributed by atoms with Gasteiger partial charge < -0.3 is 26.5 Å². The highest BCUT2D eigenvalue weighted by Crippen LogP contribution is 2.47. The van der Waals surface area contributed by atoms with Crippen LogP contribution in [0, 0.1) is 0 Å². The summed E-state index contributed by atoms with van der Waals surface area (Å²) in [7, 11) is 0. The monoisotopic (exact) mass is 1850 g/mol. The van der Waals surface area contributed by atoms with Gasteiger partial charge in [0.15, 0.2) is 58.0 Å². The van der Waals surface area contributed by atoms with Crippen LogP contribution in [0.2, 0.25) is 0 Å². The molecule has 144 heavy (non-hydrogen) atoms. The smallest absolute Gasteiger partial charge is 0.164 e. The molecule has 0 N–H and O–H groups in total. The number of rotatable bonds is 12. The van der Waals surface area contributed by atoms with Gasteiger partial charge in [-0.3, -0.25) is 9.97 Å². The zero-order valence-electron chi connectivity index (χ0n) is 76.4. The minimum absolute atomic E-state index is 0.585. The third-order valence-corrected chi connectivity index (χ3v) is 26.9. The normalized spacial score (nSPS) is 11.8. The maximum absolute atomic E-state index is 6.30. The highest BCUT2D eigenvalue weighted by atomic mass is 16.3. The SMILES string of the molecule is c1ccc(-c2nc(-c3ccc(-c4cccc5oc6cc7ccccc7nc6c45)cc3)nc(-c3cccc4oc5ccccc5c34)n2)cc1.c1ccc(-c2nc(-c3ccc(-c4cccc5oc6cc7ncccc7cc6c45)cc3)nc(-c3cccc4oc5ccccc5c34)n2)cc1.c1ccc(-c2nc(-c3ccc(-c4nccc5oc6cc7ccccc7cc6c45)cc3)nc(-c3cccc4oc5ccccc5c34)n2)cc1. The lowest BCUT2D eigenvalue weighted by atomic mass is 9.98. The van der Waals surface area contributed by atoms with E-state index in [0.717, 1.165) is 248 Å². The molecule has 0 bridgehead atoms. The van der Waals surface area contributed by atoms with E-state index < -0.39 is 0 Å². The summed E-state index contributed by atoms with van der Waals surface area (Å²) in [5.74, 6) is 5.37. The van der Waals surface area contributed by atoms with Crippen molar-refractivity contribution in [2.24, 2.45) is 0 Å². The Morgan fingerprint density at radius 2 is 0.451 bits per heavy atom. The second kappa shape index (κ2) is 34.0. The van der Waals surface area contributed by atoms with Gasteiger partial charge in [0.05, 0.1) is 27.5 Å². The van der Waals surface area contributed by atoms with Gasteiger partial charge in [-0.15, -0.1) is 0 Å². The Morgan fingerprint density at radius 1 is 0.146 bits per heavy atom. The molecule has 0 fully saturated rings. The predicted octanol–water partition coefficient (Wildman–Crippen LogP) is 32.7. The van der Waals surface area contributed by atoms with Crippen LogP contribution in [0.15, 0.2) is 464 Å². The zero-order valence-corrected chi connectivity index (χ0v) is 76.4. The zero-order chi connectivity index (χ0) is 94.8. The summed E-state index contributed by atoms with van der Waals surface area (Å²) < 4.78 is 37.5. The molecule has 0 saturated heterocycles. The minimum atomic E-state index is 0.585. The van der Waals surface area contributed by atoms with Crippen LogP contribution in [-0.2, 0) is 0 Å². The Balaban J connectivity index is 0.000000105. The molecule has 0 saturated carbocycles. The molecule has 18 heteroatoms. The Hall–Kier alpha value is -20.0. The molecule has 0 atom stereocenters. The van der Waals surface area contributed by atoms with Gasteiger partial charge in [0.25, 0.3) is 0 Å². The van der Waals surface area contributed by atoms with Crippen molar-refractivity contribution < 1.29 is 26.5 Å². The molecule has 0 aliphatic carbocycles. The van der Waals surface area contributed by atoms with E-state index in [1.165, 1.54) is 0 Å². The fourth-order valence-electron chi connectivity index (χ4n) is 20.1. The van der Waals surface area contributed by atoms with Gasteiger partial charge in [-0.25, -0.2) is 49.8 Å². The number of aromatic nitrogens is 12. The summed E-state index contributed by atoms with van der Waals surface area (Å²) in [6.45, 7) is 0. The van der Waals surface area contributed by atoms with Crippen molar-refractivity contribution in [1.29, 1.82) is 0 Å². The quantitative estimate of drug-likeness (QED) is 0.111. The van der Waals surface area contributed by atoms with Crippen LogP contribution >= 0.6 is 0 Å². The van der Waals surface area contributed by atoms with Crippen LogP contribution in [0.5, 0.6) is 0 Å². The Morgan fingerprint density at radius 3 is 0.924 bits per heavy atom. The lowest BCUT2D eigenvalue weighted by Gasteiger charge is -2.10. The van der Waals surface area contributed by atoms with Gasteiger partial charge in [0.2, 0.25) is 0 Å². The molecule has 0 aliphatic rings. The van der Waals surface area contributed by atoms with Crippen molar-refractivity contribution in [3.8, 4) is 136 Å². The van der Waals surface area contributed by atoms with Crippen molar-refractivity contribution in [1.82, 2.24) is 59.8 Å². The lowest BCUT2D eigenvalue weighted by molar-refractivity contribution is 0.668. The van der Waals surface area contributed by atoms with Gasteiger partial charge in [-0.2, -0.15) is 0 Å². The van der Waals surface area contributed by atoms with Gasteiger partial charge in [0, 0.05) is 133 Å². The molecule has 30 rings (SSSR count). The molecule has 0 amide bonds. The summed E-state index contributed by atoms with van der Waals surface area (Å²) in [5, 5.41) is 15.7. The summed E-state index contributed by atoms with van der Waals surface area (Å²) in [6, 6.07) is 143. The van der Waals surface area contributed by atoms with Crippen molar-refractivity contribution in [3.05, 3.63) is 437 Å². The third-order valence-electron chi connectivity index (χ3n) is 26.9. The maximum Gasteiger partial charge on any atom is 0.164 e. The van der Waals surface area contributed by atoms with Crippen LogP contribution in [0.4, 0.5) is 0 Å². The molecule has 18 nitrogen and oxygen atoms in total. The fourth-order valence-corrected chi connectivity index (χ4v) is 20.1. The Bertz CT molecular complexity index is 9440. The fraction of sp³-hybridized carbons (Fsp3) is 0. The first-order chi connectivity index (χ1) is 71.3. The van der Waals surface area contributed by atoms with Crippen LogP contribution in [-0.4, -0.2) is 59.8 Å². The average molecular weight is 1850 g/mol. The summed E-state index contributed by atoms with van der Waals surface area (Å²) in [4.78, 5) is 59.4. The number of furan rings is 6. The van der Waals surface area contributed by atoms with Crippen LogP contribution in [0.25, 0.3) is 300 Å². The highest BCUT2D eigenvalue weighted by molar-refractivity contribution is 6.19. The van der Waals surface area contributed by atoms with Crippen molar-refractivity contribution in [2.75, 3.05) is 0 Å². The number of para-hydroxylation sites is 4. The standard InChI is InChI=1S/3C42H24N4O2/c1-2-10-26(11-3-1)40-44-41(46-42(45-40)31-15-9-18-34-37(31)30-13-5-7-17-33(30)47-34)27-22-20-25(21-23-27)29-14-8-19-35-38(29)39-36(48-35)24-28-12-4-6-16-32(28)43-39;1-2-9-26(10-3-1)40-44-41(46-42(45-40)31-14-7-17-36-39(31)30-12-4-5-15-34(30)47-36)27-20-18-25(19-21-27)29-13-6-16-35-38(29)32-23-28-11-8-22-43-33(28)24-37(32)48-35;1-2-9-26(10-3-1)40-44-41(46-42(45-40)31-14-8-16-34-37(31)30-13-6-7-15-33(30)47-34)27-19-17-25(18-20-27)39-38-32-23-28-11-4-5-12-29(28)24-36(32)48-35(38)21-22-43-39/h3*1-24H. The van der Waals surface area contributed by atoms with Gasteiger partial charge in [-0.1, -0.05) is 328 Å². The van der Waals surface area contributed by atoms with E-state index in [4.69, 9.17) is 81.3 Å². The number of hydrogen-bond acceptors (Lipinski definition) is 18. The van der Waals surface area contributed by atoms with E-state index in [-0.39, 0.29) is 0 Å². The molecule has 18 aromatic carbocycles. The van der Waals surface area contributed by atoms with Crippen LogP contribution in [0.1, 0.15) is 0 Å². The van der Waals surface area contributed by atoms with Gasteiger partial charge in [0.1, 0.15) is 66.9 Å². The molecule has 0 radical (unpaired) electrons. The third kappa shape index (κ3) is 14.4. The second-order valence-corrected chi connectivity index (χ2v) is 35.5. The molecule has 30 aromatic rings.